The molecule has 2 atom stereocenters. The Labute approximate surface area is 122 Å². The maximum absolute atomic E-state index is 11.9. The molecule has 108 valence electrons. The molecule has 0 aliphatic heterocycles. The standard InChI is InChI=1S/C15H17ClO4/c1-10(16)15(7-6-13(18)9-15)20-14(19)5-3-11-2-4-12(17)8-11/h6-8,10H,2-5,9H2,1H3. The highest BCUT2D eigenvalue weighted by molar-refractivity contribution is 6.22. The first kappa shape index (κ1) is 15.0. The third kappa shape index (κ3) is 3.37. The average molecular weight is 297 g/mol. The molecule has 0 aromatic carbocycles. The van der Waals surface area contributed by atoms with Gasteiger partial charge in [0.05, 0.1) is 11.8 Å². The van der Waals surface area contributed by atoms with E-state index in [2.05, 4.69) is 0 Å². The molecule has 4 nitrogen and oxygen atoms in total. The van der Waals surface area contributed by atoms with Crippen LogP contribution in [0.5, 0.6) is 0 Å². The fourth-order valence-electron chi connectivity index (χ4n) is 2.43. The largest absolute Gasteiger partial charge is 0.453 e. The number of hydrogen-bond acceptors (Lipinski definition) is 4. The number of carbonyl (C=O) groups is 3. The lowest BCUT2D eigenvalue weighted by Gasteiger charge is -2.29. The van der Waals surface area contributed by atoms with E-state index in [1.807, 2.05) is 0 Å². The molecule has 0 amide bonds. The molecular formula is C15H17ClO4. The molecule has 20 heavy (non-hydrogen) atoms. The van der Waals surface area contributed by atoms with Gasteiger partial charge in [0.2, 0.25) is 0 Å². The second kappa shape index (κ2) is 5.92. The molecule has 0 radical (unpaired) electrons. The Morgan fingerprint density at radius 3 is 2.65 bits per heavy atom. The lowest BCUT2D eigenvalue weighted by Crippen LogP contribution is -2.39. The Morgan fingerprint density at radius 1 is 1.40 bits per heavy atom. The van der Waals surface area contributed by atoms with Gasteiger partial charge >= 0.3 is 5.97 Å². The van der Waals surface area contributed by atoms with Gasteiger partial charge in [0.25, 0.3) is 0 Å². The first-order valence-corrected chi connectivity index (χ1v) is 7.15. The summed E-state index contributed by atoms with van der Waals surface area (Å²) in [6.45, 7) is 1.70. The number of allylic oxidation sites excluding steroid dienone is 3. The zero-order valence-corrected chi connectivity index (χ0v) is 12.1. The third-order valence-corrected chi connectivity index (χ3v) is 4.06. The predicted octanol–water partition coefficient (Wildman–Crippen LogP) is 2.49. The molecule has 2 unspecified atom stereocenters. The van der Waals surface area contributed by atoms with E-state index in [1.54, 1.807) is 19.1 Å². The molecule has 0 saturated heterocycles. The number of rotatable bonds is 5. The highest BCUT2D eigenvalue weighted by Crippen LogP contribution is 2.32. The minimum absolute atomic E-state index is 0.0885. The highest BCUT2D eigenvalue weighted by atomic mass is 35.5. The van der Waals surface area contributed by atoms with Gasteiger partial charge in [-0.3, -0.25) is 14.4 Å². The Morgan fingerprint density at radius 2 is 2.15 bits per heavy atom. The smallest absolute Gasteiger partial charge is 0.307 e. The van der Waals surface area contributed by atoms with E-state index in [0.717, 1.165) is 12.0 Å². The average Bonchev–Trinajstić information content (AvgIpc) is 2.94. The molecule has 0 fully saturated rings. The summed E-state index contributed by atoms with van der Waals surface area (Å²) in [6, 6.07) is 0. The summed E-state index contributed by atoms with van der Waals surface area (Å²) in [5.41, 5.74) is -0.0340. The van der Waals surface area contributed by atoms with E-state index >= 15 is 0 Å². The summed E-state index contributed by atoms with van der Waals surface area (Å²) in [4.78, 5) is 34.4. The Hall–Kier alpha value is -1.42. The molecule has 0 saturated carbocycles. The van der Waals surface area contributed by atoms with Crippen molar-refractivity contribution >= 4 is 29.1 Å². The van der Waals surface area contributed by atoms with E-state index in [-0.39, 0.29) is 24.4 Å². The second-order valence-corrected chi connectivity index (χ2v) is 5.95. The molecule has 5 heteroatoms. The summed E-state index contributed by atoms with van der Waals surface area (Å²) < 4.78 is 5.43. The quantitative estimate of drug-likeness (QED) is 0.578. The summed E-state index contributed by atoms with van der Waals surface area (Å²) in [5, 5.41) is -0.471. The molecule has 0 aromatic rings. The van der Waals surface area contributed by atoms with Gasteiger partial charge in [-0.15, -0.1) is 11.6 Å². The fourth-order valence-corrected chi connectivity index (χ4v) is 2.62. The summed E-state index contributed by atoms with van der Waals surface area (Å²) >= 11 is 6.06. The summed E-state index contributed by atoms with van der Waals surface area (Å²) in [7, 11) is 0. The van der Waals surface area contributed by atoms with Gasteiger partial charge in [-0.25, -0.2) is 0 Å². The van der Waals surface area contributed by atoms with Crippen molar-refractivity contribution in [3.05, 3.63) is 23.8 Å². The maximum atomic E-state index is 11.9. The van der Waals surface area contributed by atoms with Crippen molar-refractivity contribution in [2.24, 2.45) is 0 Å². The van der Waals surface area contributed by atoms with E-state index in [4.69, 9.17) is 16.3 Å². The first-order chi connectivity index (χ1) is 9.41. The lowest BCUT2D eigenvalue weighted by molar-refractivity contribution is -0.155. The van der Waals surface area contributed by atoms with Gasteiger partial charge in [-0.05, 0) is 38.0 Å². The lowest BCUT2D eigenvalue weighted by atomic mass is 9.99. The molecule has 0 N–H and O–H groups in total. The minimum Gasteiger partial charge on any atom is -0.453 e. The number of alkyl halides is 1. The Kier molecular flexibility index (Phi) is 4.43. The highest BCUT2D eigenvalue weighted by Gasteiger charge is 2.42. The van der Waals surface area contributed by atoms with Crippen LogP contribution in [0.2, 0.25) is 0 Å². The minimum atomic E-state index is -1.02. The number of ether oxygens (including phenoxy) is 1. The maximum Gasteiger partial charge on any atom is 0.307 e. The Balaban J connectivity index is 1.90. The van der Waals surface area contributed by atoms with Crippen molar-refractivity contribution in [2.45, 2.75) is 50.0 Å². The van der Waals surface area contributed by atoms with Crippen LogP contribution in [0.25, 0.3) is 0 Å². The van der Waals surface area contributed by atoms with Crippen LogP contribution in [0.15, 0.2) is 23.8 Å². The molecule has 2 aliphatic rings. The van der Waals surface area contributed by atoms with Crippen LogP contribution < -0.4 is 0 Å². The molecule has 2 rings (SSSR count). The van der Waals surface area contributed by atoms with Crippen LogP contribution in [0, 0.1) is 0 Å². The van der Waals surface area contributed by atoms with Crippen LogP contribution in [-0.4, -0.2) is 28.5 Å². The molecular weight excluding hydrogens is 280 g/mol. The SMILES string of the molecule is CC(Cl)C1(OC(=O)CCC2=CC(=O)CC2)C=CC(=O)C1. The monoisotopic (exact) mass is 296 g/mol. The molecule has 0 bridgehead atoms. The van der Waals surface area contributed by atoms with Gasteiger partial charge in [0.15, 0.2) is 17.2 Å². The van der Waals surface area contributed by atoms with Crippen molar-refractivity contribution < 1.29 is 19.1 Å². The van der Waals surface area contributed by atoms with Crippen molar-refractivity contribution in [1.29, 1.82) is 0 Å². The van der Waals surface area contributed by atoms with Crippen molar-refractivity contribution in [1.82, 2.24) is 0 Å². The number of esters is 1. The van der Waals surface area contributed by atoms with Gasteiger partial charge < -0.3 is 4.74 Å². The van der Waals surface area contributed by atoms with Gasteiger partial charge in [-0.1, -0.05) is 5.57 Å². The van der Waals surface area contributed by atoms with Crippen LogP contribution in [0.1, 0.15) is 39.0 Å². The van der Waals surface area contributed by atoms with Crippen LogP contribution >= 0.6 is 11.6 Å². The van der Waals surface area contributed by atoms with Crippen molar-refractivity contribution in [2.75, 3.05) is 0 Å². The van der Waals surface area contributed by atoms with Crippen LogP contribution in [0.4, 0.5) is 0 Å². The predicted molar refractivity (Wildman–Crippen MR) is 74.5 cm³/mol. The second-order valence-electron chi connectivity index (χ2n) is 5.29. The van der Waals surface area contributed by atoms with Crippen molar-refractivity contribution in [3.8, 4) is 0 Å². The Bertz CT molecular complexity index is 504. The number of hydrogen-bond donors (Lipinski definition) is 0. The zero-order chi connectivity index (χ0) is 14.8. The fraction of sp³-hybridized carbons (Fsp3) is 0.533. The summed E-state index contributed by atoms with van der Waals surface area (Å²) in [5.74, 6) is -0.366. The number of carbonyl (C=O) groups excluding carboxylic acids is 3. The van der Waals surface area contributed by atoms with Crippen molar-refractivity contribution in [3.63, 3.8) is 0 Å². The number of halogens is 1. The van der Waals surface area contributed by atoms with Gasteiger partial charge in [0.1, 0.15) is 0 Å². The third-order valence-electron chi connectivity index (χ3n) is 3.69. The zero-order valence-electron chi connectivity index (χ0n) is 11.4. The van der Waals surface area contributed by atoms with E-state index in [0.29, 0.717) is 12.8 Å². The first-order valence-electron chi connectivity index (χ1n) is 6.71. The van der Waals surface area contributed by atoms with Gasteiger partial charge in [0, 0.05) is 12.8 Å². The molecule has 0 spiro atoms. The topological polar surface area (TPSA) is 60.4 Å². The van der Waals surface area contributed by atoms with Gasteiger partial charge in [-0.2, -0.15) is 0 Å². The summed E-state index contributed by atoms with van der Waals surface area (Å²) in [6.07, 6.45) is 6.66. The van der Waals surface area contributed by atoms with Crippen LogP contribution in [-0.2, 0) is 19.1 Å². The number of ketones is 2. The van der Waals surface area contributed by atoms with E-state index in [9.17, 15) is 14.4 Å². The van der Waals surface area contributed by atoms with E-state index < -0.39 is 16.9 Å². The van der Waals surface area contributed by atoms with Crippen LogP contribution in [0.3, 0.4) is 0 Å². The normalized spacial score (nSPS) is 26.8. The van der Waals surface area contributed by atoms with E-state index in [1.165, 1.54) is 6.08 Å². The molecule has 0 aromatic heterocycles. The molecule has 0 heterocycles. The molecule has 2 aliphatic carbocycles.